The Balaban J connectivity index is 1.81. The number of hydrogen-bond donors (Lipinski definition) is 3. The first-order valence-electron chi connectivity index (χ1n) is 7.82. The molecule has 0 aliphatic heterocycles. The first-order chi connectivity index (χ1) is 10.5. The van der Waals surface area contributed by atoms with Gasteiger partial charge in [0.25, 0.3) is 11.5 Å². The maximum atomic E-state index is 12.4. The largest absolute Gasteiger partial charge is 0.349 e. The van der Waals surface area contributed by atoms with Gasteiger partial charge in [0.1, 0.15) is 5.56 Å². The molecule has 7 heteroatoms. The van der Waals surface area contributed by atoms with Crippen molar-refractivity contribution in [3.05, 3.63) is 32.6 Å². The normalized spacial score (nSPS) is 30.8. The first kappa shape index (κ1) is 15.0. The van der Waals surface area contributed by atoms with Gasteiger partial charge in [-0.15, -0.1) is 0 Å². The number of fused-ring (bicyclic) bond motifs is 2. The second-order valence-electron chi connectivity index (χ2n) is 6.55. The molecule has 2 aliphatic rings. The molecule has 2 aliphatic carbocycles. The predicted octanol–water partition coefficient (Wildman–Crippen LogP) is -0.291. The van der Waals surface area contributed by atoms with Crippen LogP contribution in [0.3, 0.4) is 0 Å². The molecule has 2 atom stereocenters. The Morgan fingerprint density at radius 2 is 1.95 bits per heavy atom. The van der Waals surface area contributed by atoms with Crippen molar-refractivity contribution in [2.45, 2.75) is 44.2 Å². The van der Waals surface area contributed by atoms with Gasteiger partial charge in [0, 0.05) is 25.3 Å². The SMILES string of the molecule is Cn1c(=O)[nH]cc(C(=O)NC2C3CCCC2CC(N)C3)c1=O. The molecule has 4 N–H and O–H groups in total. The molecule has 1 aromatic heterocycles. The number of rotatable bonds is 2. The van der Waals surface area contributed by atoms with Gasteiger partial charge in [0.05, 0.1) is 0 Å². The number of carbonyl (C=O) groups excluding carboxylic acids is 1. The van der Waals surface area contributed by atoms with Crippen LogP contribution in [0.1, 0.15) is 42.5 Å². The minimum Gasteiger partial charge on any atom is -0.349 e. The zero-order chi connectivity index (χ0) is 15.9. The minimum atomic E-state index is -0.570. The highest BCUT2D eigenvalue weighted by Crippen LogP contribution is 2.39. The number of H-pyrrole nitrogens is 1. The fourth-order valence-electron chi connectivity index (χ4n) is 3.98. The van der Waals surface area contributed by atoms with Crippen LogP contribution in [-0.4, -0.2) is 27.5 Å². The lowest BCUT2D eigenvalue weighted by Gasteiger charge is -2.45. The van der Waals surface area contributed by atoms with E-state index in [2.05, 4.69) is 10.3 Å². The molecule has 22 heavy (non-hydrogen) atoms. The van der Waals surface area contributed by atoms with Gasteiger partial charge in [-0.3, -0.25) is 14.2 Å². The van der Waals surface area contributed by atoms with Gasteiger partial charge in [-0.1, -0.05) is 6.42 Å². The molecular formula is C15H22N4O3. The van der Waals surface area contributed by atoms with Gasteiger partial charge < -0.3 is 16.0 Å². The smallest absolute Gasteiger partial charge is 0.328 e. The number of nitrogens with zero attached hydrogens (tertiary/aromatic N) is 1. The van der Waals surface area contributed by atoms with E-state index in [1.807, 2.05) is 0 Å². The van der Waals surface area contributed by atoms with Gasteiger partial charge in [0.15, 0.2) is 0 Å². The Hall–Kier alpha value is -1.89. The van der Waals surface area contributed by atoms with Gasteiger partial charge in [0.2, 0.25) is 0 Å². The Morgan fingerprint density at radius 3 is 2.59 bits per heavy atom. The lowest BCUT2D eigenvalue weighted by atomic mass is 9.67. The third-order valence-electron chi connectivity index (χ3n) is 5.10. The van der Waals surface area contributed by atoms with E-state index >= 15 is 0 Å². The quantitative estimate of drug-likeness (QED) is 0.697. The van der Waals surface area contributed by atoms with Crippen molar-refractivity contribution in [1.82, 2.24) is 14.9 Å². The van der Waals surface area contributed by atoms with Crippen LogP contribution in [-0.2, 0) is 7.05 Å². The fraction of sp³-hybridized carbons (Fsp3) is 0.667. The van der Waals surface area contributed by atoms with Crippen LogP contribution in [0.15, 0.2) is 15.8 Å². The molecule has 0 saturated heterocycles. The zero-order valence-corrected chi connectivity index (χ0v) is 12.7. The molecule has 0 radical (unpaired) electrons. The third kappa shape index (κ3) is 2.61. The fourth-order valence-corrected chi connectivity index (χ4v) is 3.98. The number of amides is 1. The number of aromatic amines is 1. The second-order valence-corrected chi connectivity index (χ2v) is 6.55. The van der Waals surface area contributed by atoms with Gasteiger partial charge in [-0.05, 0) is 37.5 Å². The predicted molar refractivity (Wildman–Crippen MR) is 81.6 cm³/mol. The summed E-state index contributed by atoms with van der Waals surface area (Å²) in [5.74, 6) is 0.366. The molecule has 2 unspecified atom stereocenters. The van der Waals surface area contributed by atoms with Gasteiger partial charge in [-0.2, -0.15) is 0 Å². The molecule has 0 aromatic carbocycles. The molecule has 0 spiro atoms. The lowest BCUT2D eigenvalue weighted by molar-refractivity contribution is 0.0753. The molecule has 120 valence electrons. The van der Waals surface area contributed by atoms with Crippen LogP contribution in [0.5, 0.6) is 0 Å². The van der Waals surface area contributed by atoms with Crippen molar-refractivity contribution in [3.8, 4) is 0 Å². The Labute approximate surface area is 127 Å². The summed E-state index contributed by atoms with van der Waals surface area (Å²) in [6.45, 7) is 0. The van der Waals surface area contributed by atoms with Crippen LogP contribution in [0.2, 0.25) is 0 Å². The molecule has 1 heterocycles. The molecule has 2 fully saturated rings. The van der Waals surface area contributed by atoms with Crippen LogP contribution in [0, 0.1) is 11.8 Å². The Morgan fingerprint density at radius 1 is 1.32 bits per heavy atom. The summed E-state index contributed by atoms with van der Waals surface area (Å²) in [5, 5.41) is 3.02. The first-order valence-corrected chi connectivity index (χ1v) is 7.82. The van der Waals surface area contributed by atoms with Crippen molar-refractivity contribution >= 4 is 5.91 Å². The summed E-state index contributed by atoms with van der Waals surface area (Å²) in [5.41, 5.74) is 4.97. The standard InChI is InChI=1S/C15H22N4O3/c1-19-14(21)11(7-17-15(19)22)13(20)18-12-8-3-2-4-9(12)6-10(16)5-8/h7-10,12H,2-6,16H2,1H3,(H,17,22)(H,18,20). The second kappa shape index (κ2) is 5.72. The van der Waals surface area contributed by atoms with Crippen LogP contribution in [0.25, 0.3) is 0 Å². The van der Waals surface area contributed by atoms with Crippen LogP contribution >= 0.6 is 0 Å². The van der Waals surface area contributed by atoms with E-state index in [1.165, 1.54) is 19.7 Å². The minimum absolute atomic E-state index is 0.0185. The monoisotopic (exact) mass is 306 g/mol. The molecule has 3 rings (SSSR count). The topological polar surface area (TPSA) is 110 Å². The highest BCUT2D eigenvalue weighted by molar-refractivity contribution is 5.93. The summed E-state index contributed by atoms with van der Waals surface area (Å²) in [6.07, 6.45) is 6.35. The highest BCUT2D eigenvalue weighted by Gasteiger charge is 2.40. The summed E-state index contributed by atoms with van der Waals surface area (Å²) in [4.78, 5) is 38.2. The number of nitrogens with two attached hydrogens (primary N) is 1. The van der Waals surface area contributed by atoms with E-state index in [0.717, 1.165) is 30.3 Å². The number of hydrogen-bond acceptors (Lipinski definition) is 4. The number of carbonyl (C=O) groups is 1. The molecule has 7 nitrogen and oxygen atoms in total. The van der Waals surface area contributed by atoms with E-state index < -0.39 is 17.2 Å². The molecule has 2 bridgehead atoms. The molecule has 1 amide bonds. The van der Waals surface area contributed by atoms with Crippen LogP contribution in [0.4, 0.5) is 0 Å². The van der Waals surface area contributed by atoms with Crippen molar-refractivity contribution in [1.29, 1.82) is 0 Å². The average Bonchev–Trinajstić information content (AvgIpc) is 2.46. The van der Waals surface area contributed by atoms with Crippen molar-refractivity contribution in [2.24, 2.45) is 24.6 Å². The summed E-state index contributed by atoms with van der Waals surface area (Å²) >= 11 is 0. The molecule has 2 saturated carbocycles. The van der Waals surface area contributed by atoms with E-state index in [4.69, 9.17) is 5.73 Å². The van der Waals surface area contributed by atoms with Crippen LogP contribution < -0.4 is 22.3 Å². The Kier molecular flexibility index (Phi) is 3.90. The van der Waals surface area contributed by atoms with E-state index in [0.29, 0.717) is 11.8 Å². The van der Waals surface area contributed by atoms with E-state index in [1.54, 1.807) is 0 Å². The maximum absolute atomic E-state index is 12.4. The van der Waals surface area contributed by atoms with Gasteiger partial charge >= 0.3 is 5.69 Å². The maximum Gasteiger partial charge on any atom is 0.328 e. The van der Waals surface area contributed by atoms with Crippen molar-refractivity contribution < 1.29 is 4.79 Å². The van der Waals surface area contributed by atoms with Crippen molar-refractivity contribution in [3.63, 3.8) is 0 Å². The van der Waals surface area contributed by atoms with Crippen molar-refractivity contribution in [2.75, 3.05) is 0 Å². The Bertz CT molecular complexity index is 679. The van der Waals surface area contributed by atoms with Gasteiger partial charge in [-0.25, -0.2) is 4.79 Å². The summed E-state index contributed by atoms with van der Waals surface area (Å²) in [6, 6.07) is 0.294. The summed E-state index contributed by atoms with van der Waals surface area (Å²) < 4.78 is 0.909. The van der Waals surface area contributed by atoms with E-state index in [9.17, 15) is 14.4 Å². The average molecular weight is 306 g/mol. The number of nitrogens with one attached hydrogen (secondary N) is 2. The molecular weight excluding hydrogens is 284 g/mol. The number of aromatic nitrogens is 2. The summed E-state index contributed by atoms with van der Waals surface area (Å²) in [7, 11) is 1.35. The highest BCUT2D eigenvalue weighted by atomic mass is 16.2. The zero-order valence-electron chi connectivity index (χ0n) is 12.7. The third-order valence-corrected chi connectivity index (χ3v) is 5.10. The lowest BCUT2D eigenvalue weighted by Crippen LogP contribution is -2.54. The van der Waals surface area contributed by atoms with E-state index in [-0.39, 0.29) is 17.6 Å². The molecule has 1 aromatic rings.